The number of carbonyl (C=O) groups excluding carboxylic acids is 1. The van der Waals surface area contributed by atoms with E-state index in [9.17, 15) is 13.2 Å². The van der Waals surface area contributed by atoms with Gasteiger partial charge in [-0.3, -0.25) is 0 Å². The van der Waals surface area contributed by atoms with Crippen LogP contribution >= 0.6 is 0 Å². The second kappa shape index (κ2) is 8.27. The smallest absolute Gasteiger partial charge is 0.330 e. The molecule has 0 heterocycles. The van der Waals surface area contributed by atoms with Gasteiger partial charge in [0.05, 0.1) is 4.90 Å². The number of carbonyl (C=O) groups is 1. The number of sulfonamides is 1. The molecule has 0 fully saturated rings. The normalized spacial score (nSPS) is 20.3. The van der Waals surface area contributed by atoms with Gasteiger partial charge in [-0.2, -0.15) is 4.31 Å². The number of benzene rings is 1. The zero-order chi connectivity index (χ0) is 18.4. The summed E-state index contributed by atoms with van der Waals surface area (Å²) in [5, 5.41) is 0. The predicted octanol–water partition coefficient (Wildman–Crippen LogP) is 2.99. The molecule has 0 aromatic heterocycles. The Morgan fingerprint density at radius 1 is 1.32 bits per heavy atom. The molecule has 5 nitrogen and oxygen atoms in total. The van der Waals surface area contributed by atoms with Crippen molar-refractivity contribution < 1.29 is 17.9 Å². The number of esters is 1. The van der Waals surface area contributed by atoms with Crippen LogP contribution in [0.5, 0.6) is 0 Å². The molecule has 0 bridgehead atoms. The molecule has 2 rings (SSSR count). The van der Waals surface area contributed by atoms with E-state index in [1.54, 1.807) is 42.5 Å². The summed E-state index contributed by atoms with van der Waals surface area (Å²) >= 11 is 0. The molecule has 134 valence electrons. The van der Waals surface area contributed by atoms with Crippen molar-refractivity contribution in [2.45, 2.75) is 37.3 Å². The molecule has 1 aliphatic carbocycles. The molecular formula is C19H23NO4S. The number of rotatable bonds is 7. The van der Waals surface area contributed by atoms with Crippen LogP contribution in [0, 0.1) is 6.92 Å². The molecule has 25 heavy (non-hydrogen) atoms. The van der Waals surface area contributed by atoms with Crippen molar-refractivity contribution in [1.82, 2.24) is 4.31 Å². The number of hydrogen-bond donors (Lipinski definition) is 0. The zero-order valence-corrected chi connectivity index (χ0v) is 15.3. The quantitative estimate of drug-likeness (QED) is 0.425. The number of aryl methyl sites for hydroxylation is 1. The van der Waals surface area contributed by atoms with Gasteiger partial charge in [0.15, 0.2) is 0 Å². The van der Waals surface area contributed by atoms with Crippen LogP contribution < -0.4 is 0 Å². The van der Waals surface area contributed by atoms with Crippen molar-refractivity contribution in [3.05, 3.63) is 66.8 Å². The van der Waals surface area contributed by atoms with E-state index >= 15 is 0 Å². The number of ether oxygens (including phenoxy) is 1. The number of nitrogens with zero attached hydrogens (tertiary/aromatic N) is 1. The van der Waals surface area contributed by atoms with Gasteiger partial charge in [0.2, 0.25) is 10.0 Å². The maximum absolute atomic E-state index is 13.1. The molecule has 0 unspecified atom stereocenters. The monoisotopic (exact) mass is 361 g/mol. The van der Waals surface area contributed by atoms with Gasteiger partial charge in [0, 0.05) is 25.1 Å². The van der Waals surface area contributed by atoms with Gasteiger partial charge in [0.25, 0.3) is 0 Å². The third-order valence-corrected chi connectivity index (χ3v) is 5.88. The fourth-order valence-electron chi connectivity index (χ4n) is 2.61. The Morgan fingerprint density at radius 3 is 2.60 bits per heavy atom. The highest BCUT2D eigenvalue weighted by molar-refractivity contribution is 7.89. The average molecular weight is 361 g/mol. The maximum Gasteiger partial charge on any atom is 0.330 e. The predicted molar refractivity (Wildman–Crippen MR) is 97.5 cm³/mol. The maximum atomic E-state index is 13.1. The highest BCUT2D eigenvalue weighted by Crippen LogP contribution is 2.26. The van der Waals surface area contributed by atoms with E-state index in [4.69, 9.17) is 4.74 Å². The van der Waals surface area contributed by atoms with Crippen molar-refractivity contribution in [1.29, 1.82) is 0 Å². The van der Waals surface area contributed by atoms with Crippen molar-refractivity contribution in [2.75, 3.05) is 6.54 Å². The van der Waals surface area contributed by atoms with E-state index in [2.05, 4.69) is 6.58 Å². The van der Waals surface area contributed by atoms with Crippen LogP contribution in [0.2, 0.25) is 0 Å². The molecule has 1 aliphatic rings. The van der Waals surface area contributed by atoms with Crippen LogP contribution in [0.25, 0.3) is 0 Å². The highest BCUT2D eigenvalue weighted by atomic mass is 32.2. The van der Waals surface area contributed by atoms with E-state index in [0.29, 0.717) is 6.42 Å². The molecule has 0 spiro atoms. The van der Waals surface area contributed by atoms with E-state index in [1.807, 2.05) is 19.9 Å². The molecule has 0 aliphatic heterocycles. The Hall–Kier alpha value is -2.18. The first-order valence-corrected chi connectivity index (χ1v) is 9.53. The van der Waals surface area contributed by atoms with Crippen LogP contribution in [0.15, 0.2) is 66.1 Å². The molecule has 0 N–H and O–H groups in total. The molecule has 2 atom stereocenters. The third-order valence-electron chi connectivity index (χ3n) is 3.97. The summed E-state index contributed by atoms with van der Waals surface area (Å²) in [6, 6.07) is 6.41. The Kier molecular flexibility index (Phi) is 6.33. The Balaban J connectivity index is 2.25. The van der Waals surface area contributed by atoms with Gasteiger partial charge in [-0.25, -0.2) is 13.2 Å². The lowest BCUT2D eigenvalue weighted by Crippen LogP contribution is -2.39. The van der Waals surface area contributed by atoms with Gasteiger partial charge in [-0.05, 0) is 32.1 Å². The Bertz CT molecular complexity index is 778. The van der Waals surface area contributed by atoms with Gasteiger partial charge in [-0.15, -0.1) is 0 Å². The molecule has 0 saturated heterocycles. The fourth-order valence-corrected chi connectivity index (χ4v) is 4.16. The summed E-state index contributed by atoms with van der Waals surface area (Å²) < 4.78 is 32.7. The first kappa shape index (κ1) is 19.1. The molecule has 1 aromatic rings. The zero-order valence-electron chi connectivity index (χ0n) is 14.5. The van der Waals surface area contributed by atoms with Gasteiger partial charge >= 0.3 is 5.97 Å². The fraction of sp³-hybridized carbons (Fsp3) is 0.316. The SMILES string of the molecule is C=CC(=O)O[C@@H]1C=C[C@H](N(C/C=C/C)S(=O)(=O)c2ccc(C)cc2)C1. The third kappa shape index (κ3) is 4.67. The van der Waals surface area contributed by atoms with Crippen LogP contribution in [0.4, 0.5) is 0 Å². The van der Waals surface area contributed by atoms with Crippen LogP contribution in [0.1, 0.15) is 18.9 Å². The highest BCUT2D eigenvalue weighted by Gasteiger charge is 2.34. The van der Waals surface area contributed by atoms with Gasteiger partial charge in [0.1, 0.15) is 6.10 Å². The van der Waals surface area contributed by atoms with E-state index in [-0.39, 0.29) is 17.5 Å². The Labute approximate surface area is 149 Å². The van der Waals surface area contributed by atoms with Crippen LogP contribution in [0.3, 0.4) is 0 Å². The second-order valence-electron chi connectivity index (χ2n) is 5.82. The topological polar surface area (TPSA) is 63.7 Å². The number of allylic oxidation sites excluding steroid dienone is 1. The largest absolute Gasteiger partial charge is 0.455 e. The summed E-state index contributed by atoms with van der Waals surface area (Å²) in [4.78, 5) is 11.6. The molecule has 0 amide bonds. The van der Waals surface area contributed by atoms with Crippen LogP contribution in [-0.4, -0.2) is 37.4 Å². The Morgan fingerprint density at radius 2 is 2.00 bits per heavy atom. The summed E-state index contributed by atoms with van der Waals surface area (Å²) in [6.45, 7) is 7.38. The minimum Gasteiger partial charge on any atom is -0.455 e. The lowest BCUT2D eigenvalue weighted by atomic mass is 10.2. The summed E-state index contributed by atoms with van der Waals surface area (Å²) in [7, 11) is -3.66. The number of hydrogen-bond acceptors (Lipinski definition) is 4. The van der Waals surface area contributed by atoms with Crippen LogP contribution in [-0.2, 0) is 19.6 Å². The molecule has 1 aromatic carbocycles. The molecule has 0 radical (unpaired) electrons. The van der Waals surface area contributed by atoms with Crippen molar-refractivity contribution >= 4 is 16.0 Å². The lowest BCUT2D eigenvalue weighted by Gasteiger charge is -2.26. The molecule has 0 saturated carbocycles. The standard InChI is InChI=1S/C19H23NO4S/c1-4-6-13-20(16-9-10-17(14-16)24-19(21)5-2)25(22,23)18-11-7-15(3)8-12-18/h4-12,16-17H,2,13-14H2,1,3H3/b6-4+/t16-,17+/m0/s1. The summed E-state index contributed by atoms with van der Waals surface area (Å²) in [5.41, 5.74) is 0.996. The minimum atomic E-state index is -3.66. The van der Waals surface area contributed by atoms with Crippen molar-refractivity contribution in [2.24, 2.45) is 0 Å². The van der Waals surface area contributed by atoms with E-state index in [1.165, 1.54) is 4.31 Å². The second-order valence-corrected chi connectivity index (χ2v) is 7.71. The molecular weight excluding hydrogens is 338 g/mol. The van der Waals surface area contributed by atoms with Gasteiger partial charge < -0.3 is 4.74 Å². The lowest BCUT2D eigenvalue weighted by molar-refractivity contribution is -0.140. The van der Waals surface area contributed by atoms with Gasteiger partial charge in [-0.1, -0.05) is 42.5 Å². The first-order chi connectivity index (χ1) is 11.9. The van der Waals surface area contributed by atoms with Crippen molar-refractivity contribution in [3.8, 4) is 0 Å². The summed E-state index contributed by atoms with van der Waals surface area (Å²) in [6.07, 6.45) is 8.14. The molecule has 6 heteroatoms. The van der Waals surface area contributed by atoms with E-state index < -0.39 is 22.1 Å². The minimum absolute atomic E-state index is 0.252. The first-order valence-electron chi connectivity index (χ1n) is 8.09. The van der Waals surface area contributed by atoms with E-state index in [0.717, 1.165) is 11.6 Å². The summed E-state index contributed by atoms with van der Waals surface area (Å²) in [5.74, 6) is -0.517. The average Bonchev–Trinajstić information content (AvgIpc) is 3.03. The van der Waals surface area contributed by atoms with Crippen molar-refractivity contribution in [3.63, 3.8) is 0 Å².